The second-order valence-corrected chi connectivity index (χ2v) is 2.43. The van der Waals surface area contributed by atoms with Gasteiger partial charge >= 0.3 is 5.97 Å². The minimum Gasteiger partial charge on any atom is -0.479 e. The molecule has 4 nitrogen and oxygen atoms in total. The summed E-state index contributed by atoms with van der Waals surface area (Å²) in [4.78, 5) is 10.1. The maximum absolute atomic E-state index is 10.1. The topological polar surface area (TPSA) is 83.5 Å². The van der Waals surface area contributed by atoms with Crippen LogP contribution >= 0.6 is 0 Å². The molecule has 0 heterocycles. The van der Waals surface area contributed by atoms with Crippen molar-refractivity contribution >= 4 is 5.97 Å². The number of carboxylic acid groups (broad SMARTS) is 1. The van der Waals surface area contributed by atoms with Crippen LogP contribution in [0.15, 0.2) is 0 Å². The maximum Gasteiger partial charge on any atom is 0.332 e. The van der Waals surface area contributed by atoms with Crippen molar-refractivity contribution in [2.24, 2.45) is 11.7 Å². The summed E-state index contributed by atoms with van der Waals surface area (Å²) in [6, 6.07) is 0. The predicted octanol–water partition coefficient (Wildman–Crippen LogP) is -0.583. The summed E-state index contributed by atoms with van der Waals surface area (Å²) in [5.74, 6) is -1.12. The van der Waals surface area contributed by atoms with Crippen LogP contribution in [0.4, 0.5) is 0 Å². The Morgan fingerprint density at radius 1 is 1.70 bits per heavy atom. The summed E-state index contributed by atoms with van der Waals surface area (Å²) in [7, 11) is 0. The van der Waals surface area contributed by atoms with E-state index in [1.165, 1.54) is 0 Å². The molecule has 60 valence electrons. The van der Waals surface area contributed by atoms with E-state index in [9.17, 15) is 4.79 Å². The van der Waals surface area contributed by atoms with Crippen molar-refractivity contribution in [1.82, 2.24) is 0 Å². The molecule has 4 heteroatoms. The first kappa shape index (κ1) is 9.39. The Hall–Kier alpha value is -0.610. The lowest BCUT2D eigenvalue weighted by atomic mass is 10.0. The van der Waals surface area contributed by atoms with Crippen LogP contribution in [0.2, 0.25) is 0 Å². The number of carboxylic acids is 1. The van der Waals surface area contributed by atoms with E-state index in [0.717, 1.165) is 0 Å². The van der Waals surface area contributed by atoms with Gasteiger partial charge in [-0.2, -0.15) is 0 Å². The number of aliphatic hydroxyl groups excluding tert-OH is 1. The average molecular weight is 147 g/mol. The monoisotopic (exact) mass is 147 g/mol. The molecule has 4 N–H and O–H groups in total. The van der Waals surface area contributed by atoms with Gasteiger partial charge in [0, 0.05) is 0 Å². The van der Waals surface area contributed by atoms with Crippen LogP contribution in [0.25, 0.3) is 0 Å². The van der Waals surface area contributed by atoms with Gasteiger partial charge in [-0.1, -0.05) is 6.92 Å². The fourth-order valence-corrected chi connectivity index (χ4v) is 0.578. The van der Waals surface area contributed by atoms with Crippen molar-refractivity contribution in [3.05, 3.63) is 0 Å². The van der Waals surface area contributed by atoms with Crippen LogP contribution in [-0.4, -0.2) is 28.8 Å². The Morgan fingerprint density at radius 3 is 2.50 bits per heavy atom. The fraction of sp³-hybridized carbons (Fsp3) is 0.833. The highest BCUT2D eigenvalue weighted by atomic mass is 16.4. The minimum absolute atomic E-state index is 0.0612. The van der Waals surface area contributed by atoms with E-state index < -0.39 is 12.1 Å². The van der Waals surface area contributed by atoms with E-state index >= 15 is 0 Å². The smallest absolute Gasteiger partial charge is 0.332 e. The van der Waals surface area contributed by atoms with E-state index in [4.69, 9.17) is 15.9 Å². The molecule has 0 aromatic heterocycles. The van der Waals surface area contributed by atoms with Crippen molar-refractivity contribution in [2.75, 3.05) is 6.54 Å². The number of aliphatic hydroxyl groups is 1. The van der Waals surface area contributed by atoms with Gasteiger partial charge in [0.25, 0.3) is 0 Å². The number of hydrogen-bond acceptors (Lipinski definition) is 3. The second kappa shape index (κ2) is 4.24. The number of nitrogens with two attached hydrogens (primary N) is 1. The Labute approximate surface area is 59.7 Å². The van der Waals surface area contributed by atoms with Crippen LogP contribution in [-0.2, 0) is 4.79 Å². The Kier molecular flexibility index (Phi) is 3.99. The number of aliphatic carboxylic acids is 1. The van der Waals surface area contributed by atoms with E-state index in [-0.39, 0.29) is 12.3 Å². The minimum atomic E-state index is -1.27. The molecule has 0 saturated heterocycles. The van der Waals surface area contributed by atoms with Crippen LogP contribution in [0.5, 0.6) is 0 Å². The van der Waals surface area contributed by atoms with Crippen molar-refractivity contribution in [1.29, 1.82) is 0 Å². The molecule has 2 unspecified atom stereocenters. The molecule has 0 radical (unpaired) electrons. The number of rotatable bonds is 4. The largest absolute Gasteiger partial charge is 0.479 e. The van der Waals surface area contributed by atoms with Gasteiger partial charge in [0.05, 0.1) is 0 Å². The van der Waals surface area contributed by atoms with Gasteiger partial charge in [-0.25, -0.2) is 4.79 Å². The first-order chi connectivity index (χ1) is 4.57. The van der Waals surface area contributed by atoms with Crippen molar-refractivity contribution in [2.45, 2.75) is 19.4 Å². The molecule has 0 aromatic carbocycles. The third-order valence-electron chi connectivity index (χ3n) is 1.31. The molecule has 0 aliphatic rings. The quantitative estimate of drug-likeness (QED) is 0.496. The highest BCUT2D eigenvalue weighted by molar-refractivity contribution is 5.71. The SMILES string of the molecule is CC(CN)CC(O)C(=O)O. The lowest BCUT2D eigenvalue weighted by Gasteiger charge is -2.09. The Morgan fingerprint density at radius 2 is 2.20 bits per heavy atom. The third-order valence-corrected chi connectivity index (χ3v) is 1.31. The van der Waals surface area contributed by atoms with Crippen LogP contribution < -0.4 is 5.73 Å². The molecule has 0 aliphatic carbocycles. The van der Waals surface area contributed by atoms with Crippen molar-refractivity contribution < 1.29 is 15.0 Å². The van der Waals surface area contributed by atoms with Crippen LogP contribution in [0, 0.1) is 5.92 Å². The first-order valence-electron chi connectivity index (χ1n) is 3.18. The predicted molar refractivity (Wildman–Crippen MR) is 36.5 cm³/mol. The second-order valence-electron chi connectivity index (χ2n) is 2.43. The van der Waals surface area contributed by atoms with Gasteiger partial charge < -0.3 is 15.9 Å². The van der Waals surface area contributed by atoms with Gasteiger partial charge in [0.2, 0.25) is 0 Å². The standard InChI is InChI=1S/C6H13NO3/c1-4(3-7)2-5(8)6(9)10/h4-5,8H,2-3,7H2,1H3,(H,9,10). The summed E-state index contributed by atoms with van der Waals surface area (Å²) in [5, 5.41) is 17.0. The van der Waals surface area contributed by atoms with E-state index in [2.05, 4.69) is 0 Å². The van der Waals surface area contributed by atoms with Crippen molar-refractivity contribution in [3.8, 4) is 0 Å². The number of hydrogen-bond donors (Lipinski definition) is 3. The zero-order valence-corrected chi connectivity index (χ0v) is 5.95. The maximum atomic E-state index is 10.1. The summed E-state index contributed by atoms with van der Waals surface area (Å²) in [5.41, 5.74) is 5.22. The van der Waals surface area contributed by atoms with Gasteiger partial charge in [-0.15, -0.1) is 0 Å². The highest BCUT2D eigenvalue weighted by Crippen LogP contribution is 2.03. The van der Waals surface area contributed by atoms with E-state index in [1.807, 2.05) is 0 Å². The molecule has 0 aliphatic heterocycles. The summed E-state index contributed by atoms with van der Waals surface area (Å²) in [6.07, 6.45) is -1.04. The number of carbonyl (C=O) groups is 1. The lowest BCUT2D eigenvalue weighted by molar-refractivity contribution is -0.147. The van der Waals surface area contributed by atoms with Gasteiger partial charge in [0.1, 0.15) is 0 Å². The molecule has 0 rings (SSSR count). The molecular formula is C6H13NO3. The summed E-state index contributed by atoms with van der Waals surface area (Å²) < 4.78 is 0. The molecule has 2 atom stereocenters. The molecular weight excluding hydrogens is 134 g/mol. The molecule has 0 fully saturated rings. The zero-order valence-electron chi connectivity index (χ0n) is 5.95. The molecule has 0 amide bonds. The lowest BCUT2D eigenvalue weighted by Crippen LogP contribution is -2.25. The van der Waals surface area contributed by atoms with E-state index in [1.54, 1.807) is 6.92 Å². The van der Waals surface area contributed by atoms with Gasteiger partial charge in [-0.05, 0) is 18.9 Å². The summed E-state index contributed by atoms with van der Waals surface area (Å²) >= 11 is 0. The molecule has 0 spiro atoms. The Bertz CT molecular complexity index is 116. The first-order valence-corrected chi connectivity index (χ1v) is 3.18. The zero-order chi connectivity index (χ0) is 8.15. The molecule has 0 saturated carbocycles. The molecule has 0 aromatic rings. The van der Waals surface area contributed by atoms with Gasteiger partial charge in [0.15, 0.2) is 6.10 Å². The molecule has 0 bridgehead atoms. The van der Waals surface area contributed by atoms with Crippen molar-refractivity contribution in [3.63, 3.8) is 0 Å². The van der Waals surface area contributed by atoms with Crippen LogP contribution in [0.3, 0.4) is 0 Å². The third kappa shape index (κ3) is 3.42. The fourth-order valence-electron chi connectivity index (χ4n) is 0.578. The summed E-state index contributed by atoms with van der Waals surface area (Å²) in [6.45, 7) is 2.20. The highest BCUT2D eigenvalue weighted by Gasteiger charge is 2.15. The average Bonchev–Trinajstić information content (AvgIpc) is 1.87. The Balaban J connectivity index is 3.56. The van der Waals surface area contributed by atoms with Crippen LogP contribution in [0.1, 0.15) is 13.3 Å². The molecule has 10 heavy (non-hydrogen) atoms. The van der Waals surface area contributed by atoms with Gasteiger partial charge in [-0.3, -0.25) is 0 Å². The normalized spacial score (nSPS) is 16.3. The van der Waals surface area contributed by atoms with E-state index in [0.29, 0.717) is 6.54 Å².